The fraction of sp³-hybridized carbons (Fsp3) is 0.400. The van der Waals surface area contributed by atoms with Crippen LogP contribution in [-0.4, -0.2) is 48.3 Å². The van der Waals surface area contributed by atoms with E-state index in [1.165, 1.54) is 55.4 Å². The van der Waals surface area contributed by atoms with Crippen LogP contribution < -0.4 is 0 Å². The number of nitrogens with zero attached hydrogens (tertiary/aromatic N) is 2. The Morgan fingerprint density at radius 2 is 1.50 bits per heavy atom. The molecule has 1 aliphatic rings. The van der Waals surface area contributed by atoms with Gasteiger partial charge in [-0.3, -0.25) is 4.90 Å². The van der Waals surface area contributed by atoms with Crippen LogP contribution in [0.3, 0.4) is 0 Å². The molecule has 2 nitrogen and oxygen atoms in total. The first-order chi connectivity index (χ1) is 11.8. The fourth-order valence-corrected chi connectivity index (χ4v) is 3.99. The Morgan fingerprint density at radius 3 is 2.21 bits per heavy atom. The number of piperazine rings is 1. The van der Waals surface area contributed by atoms with Crippen LogP contribution in [0.5, 0.6) is 0 Å². The number of rotatable bonds is 7. The Kier molecular flexibility index (Phi) is 7.03. The van der Waals surface area contributed by atoms with Crippen molar-refractivity contribution in [1.29, 1.82) is 0 Å². The molecule has 0 saturated carbocycles. The van der Waals surface area contributed by atoms with Crippen molar-refractivity contribution in [1.82, 2.24) is 9.80 Å². The molecule has 0 unspecified atom stereocenters. The highest BCUT2D eigenvalue weighted by molar-refractivity contribution is 7.99. The minimum atomic E-state index is 0.813. The lowest BCUT2D eigenvalue weighted by molar-refractivity contribution is 0.127. The van der Waals surface area contributed by atoms with Gasteiger partial charge >= 0.3 is 0 Å². The summed E-state index contributed by atoms with van der Waals surface area (Å²) in [4.78, 5) is 6.48. The Morgan fingerprint density at radius 1 is 0.833 bits per heavy atom. The zero-order valence-corrected chi connectivity index (χ0v) is 15.6. The van der Waals surface area contributed by atoms with Crippen molar-refractivity contribution in [3.63, 3.8) is 0 Å². The van der Waals surface area contributed by atoms with Gasteiger partial charge < -0.3 is 4.90 Å². The summed E-state index contributed by atoms with van der Waals surface area (Å²) in [5.74, 6) is 1.17. The zero-order chi connectivity index (χ0) is 16.6. The van der Waals surface area contributed by atoms with E-state index in [2.05, 4.69) is 52.3 Å². The van der Waals surface area contributed by atoms with Gasteiger partial charge in [0.25, 0.3) is 0 Å². The Hall–Kier alpha value is -1.00. The first kappa shape index (κ1) is 17.8. The van der Waals surface area contributed by atoms with Gasteiger partial charge in [0.1, 0.15) is 0 Å². The first-order valence-electron chi connectivity index (χ1n) is 8.66. The third-order valence-corrected chi connectivity index (χ3v) is 5.77. The van der Waals surface area contributed by atoms with E-state index in [1.54, 1.807) is 0 Å². The second kappa shape index (κ2) is 9.47. The molecule has 24 heavy (non-hydrogen) atoms. The van der Waals surface area contributed by atoms with Gasteiger partial charge in [0.15, 0.2) is 0 Å². The number of hydrogen-bond donors (Lipinski definition) is 0. The maximum Gasteiger partial charge on any atom is 0.0406 e. The normalized spacial score (nSPS) is 16.4. The lowest BCUT2D eigenvalue weighted by Crippen LogP contribution is -2.46. The lowest BCUT2D eigenvalue weighted by Gasteiger charge is -2.34. The van der Waals surface area contributed by atoms with Gasteiger partial charge in [0.05, 0.1) is 0 Å². The minimum Gasteiger partial charge on any atom is -0.301 e. The van der Waals surface area contributed by atoms with E-state index >= 15 is 0 Å². The van der Waals surface area contributed by atoms with E-state index in [9.17, 15) is 0 Å². The van der Waals surface area contributed by atoms with Crippen molar-refractivity contribution >= 4 is 23.4 Å². The van der Waals surface area contributed by atoms with Crippen molar-refractivity contribution in [2.24, 2.45) is 0 Å². The topological polar surface area (TPSA) is 6.48 Å². The molecule has 1 saturated heterocycles. The highest BCUT2D eigenvalue weighted by atomic mass is 35.5. The molecule has 1 heterocycles. The summed E-state index contributed by atoms with van der Waals surface area (Å²) in [6, 6.07) is 18.9. The molecule has 2 aromatic rings. The summed E-state index contributed by atoms with van der Waals surface area (Å²) in [6.07, 6.45) is 1.24. The standard InChI is InChI=1S/C20H25ClN2S/c21-19-7-9-20(10-8-19)24-16-4-11-22-12-14-23(15-13-22)17-18-5-2-1-3-6-18/h1-3,5-10H,4,11-17H2. The second-order valence-corrected chi connectivity index (χ2v) is 7.86. The van der Waals surface area contributed by atoms with Gasteiger partial charge in [-0.05, 0) is 48.5 Å². The van der Waals surface area contributed by atoms with Crippen LogP contribution in [0.2, 0.25) is 5.02 Å². The minimum absolute atomic E-state index is 0.813. The molecule has 1 aliphatic heterocycles. The van der Waals surface area contributed by atoms with Crippen LogP contribution in [0.1, 0.15) is 12.0 Å². The van der Waals surface area contributed by atoms with Gasteiger partial charge in [0.2, 0.25) is 0 Å². The Balaban J connectivity index is 1.30. The smallest absolute Gasteiger partial charge is 0.0406 e. The molecule has 3 rings (SSSR count). The summed E-state index contributed by atoms with van der Waals surface area (Å²) in [5, 5.41) is 0.813. The van der Waals surface area contributed by atoms with Gasteiger partial charge in [0, 0.05) is 42.6 Å². The Bertz CT molecular complexity index is 595. The molecule has 0 radical (unpaired) electrons. The SMILES string of the molecule is Clc1ccc(SCCCN2CCN(Cc3ccccc3)CC2)cc1. The molecular formula is C20H25ClN2S. The van der Waals surface area contributed by atoms with Gasteiger partial charge in [-0.15, -0.1) is 11.8 Å². The maximum absolute atomic E-state index is 5.92. The lowest BCUT2D eigenvalue weighted by atomic mass is 10.2. The third kappa shape index (κ3) is 5.82. The van der Waals surface area contributed by atoms with Crippen molar-refractivity contribution in [3.8, 4) is 0 Å². The van der Waals surface area contributed by atoms with E-state index in [0.29, 0.717) is 0 Å². The van der Waals surface area contributed by atoms with E-state index < -0.39 is 0 Å². The quantitative estimate of drug-likeness (QED) is 0.524. The maximum atomic E-state index is 5.92. The number of benzene rings is 2. The molecule has 0 aliphatic carbocycles. The second-order valence-electron chi connectivity index (χ2n) is 6.26. The summed E-state index contributed by atoms with van der Waals surface area (Å²) in [6.45, 7) is 7.04. The number of halogens is 1. The van der Waals surface area contributed by atoms with Crippen molar-refractivity contribution in [3.05, 3.63) is 65.2 Å². The molecule has 128 valence electrons. The van der Waals surface area contributed by atoms with E-state index in [1.807, 2.05) is 23.9 Å². The molecule has 0 amide bonds. The molecule has 0 N–H and O–H groups in total. The molecular weight excluding hydrogens is 336 g/mol. The molecule has 0 spiro atoms. The van der Waals surface area contributed by atoms with Crippen LogP contribution in [-0.2, 0) is 6.54 Å². The summed E-state index contributed by atoms with van der Waals surface area (Å²) < 4.78 is 0. The van der Waals surface area contributed by atoms with Crippen LogP contribution in [0, 0.1) is 0 Å². The summed E-state index contributed by atoms with van der Waals surface area (Å²) in [5.41, 5.74) is 1.42. The molecule has 2 aromatic carbocycles. The predicted octanol–water partition coefficient (Wildman–Crippen LogP) is 4.64. The average molecular weight is 361 g/mol. The fourth-order valence-electron chi connectivity index (χ4n) is 3.02. The molecule has 1 fully saturated rings. The number of hydrogen-bond acceptors (Lipinski definition) is 3. The van der Waals surface area contributed by atoms with Crippen LogP contribution >= 0.6 is 23.4 Å². The molecule has 0 bridgehead atoms. The van der Waals surface area contributed by atoms with E-state index in [4.69, 9.17) is 11.6 Å². The molecule has 4 heteroatoms. The average Bonchev–Trinajstić information content (AvgIpc) is 2.62. The van der Waals surface area contributed by atoms with E-state index in [-0.39, 0.29) is 0 Å². The number of thioether (sulfide) groups is 1. The van der Waals surface area contributed by atoms with Gasteiger partial charge in [-0.2, -0.15) is 0 Å². The monoisotopic (exact) mass is 360 g/mol. The summed E-state index contributed by atoms with van der Waals surface area (Å²) >= 11 is 7.84. The highest BCUT2D eigenvalue weighted by Crippen LogP contribution is 2.21. The van der Waals surface area contributed by atoms with Gasteiger partial charge in [-0.25, -0.2) is 0 Å². The van der Waals surface area contributed by atoms with Crippen LogP contribution in [0.25, 0.3) is 0 Å². The summed E-state index contributed by atoms with van der Waals surface area (Å²) in [7, 11) is 0. The van der Waals surface area contributed by atoms with E-state index in [0.717, 1.165) is 11.6 Å². The van der Waals surface area contributed by atoms with Crippen LogP contribution in [0.15, 0.2) is 59.5 Å². The molecule has 0 aromatic heterocycles. The highest BCUT2D eigenvalue weighted by Gasteiger charge is 2.16. The van der Waals surface area contributed by atoms with Crippen molar-refractivity contribution < 1.29 is 0 Å². The predicted molar refractivity (Wildman–Crippen MR) is 105 cm³/mol. The van der Waals surface area contributed by atoms with Crippen molar-refractivity contribution in [2.75, 3.05) is 38.5 Å². The largest absolute Gasteiger partial charge is 0.301 e. The third-order valence-electron chi connectivity index (χ3n) is 4.41. The zero-order valence-electron chi connectivity index (χ0n) is 14.0. The molecule has 0 atom stereocenters. The first-order valence-corrected chi connectivity index (χ1v) is 10.0. The van der Waals surface area contributed by atoms with Crippen molar-refractivity contribution in [2.45, 2.75) is 17.9 Å². The Labute approximate surface area is 154 Å². The van der Waals surface area contributed by atoms with Gasteiger partial charge in [-0.1, -0.05) is 41.9 Å². The van der Waals surface area contributed by atoms with Crippen LogP contribution in [0.4, 0.5) is 0 Å².